The Kier molecular flexibility index (Phi) is 8.14. The van der Waals surface area contributed by atoms with Crippen molar-refractivity contribution >= 4 is 24.0 Å². The summed E-state index contributed by atoms with van der Waals surface area (Å²) < 4.78 is 0. The lowest BCUT2D eigenvalue weighted by atomic mass is 10.0. The number of nitrogens with one attached hydrogen (secondary N) is 2. The molecule has 20 heavy (non-hydrogen) atoms. The summed E-state index contributed by atoms with van der Waals surface area (Å²) in [6.45, 7) is 3.50. The molecule has 0 rings (SSSR count). The van der Waals surface area contributed by atoms with E-state index in [4.69, 9.17) is 11.5 Å². The summed E-state index contributed by atoms with van der Waals surface area (Å²) in [6.07, 6.45) is 1.60. The van der Waals surface area contributed by atoms with Crippen LogP contribution in [-0.4, -0.2) is 42.6 Å². The molecule has 0 heterocycles. The molecule has 0 aromatic heterocycles. The molecule has 0 aliphatic rings. The first-order valence-corrected chi connectivity index (χ1v) is 6.24. The van der Waals surface area contributed by atoms with Gasteiger partial charge >= 0.3 is 0 Å². The van der Waals surface area contributed by atoms with Crippen LogP contribution < -0.4 is 22.1 Å². The van der Waals surface area contributed by atoms with Gasteiger partial charge in [0, 0.05) is 0 Å². The highest BCUT2D eigenvalue weighted by Gasteiger charge is 2.25. The summed E-state index contributed by atoms with van der Waals surface area (Å²) in [7, 11) is 0. The Bertz CT molecular complexity index is 370. The van der Waals surface area contributed by atoms with Crippen LogP contribution in [0.2, 0.25) is 0 Å². The fourth-order valence-electron chi connectivity index (χ4n) is 1.54. The first kappa shape index (κ1) is 18.0. The van der Waals surface area contributed by atoms with E-state index in [1.165, 1.54) is 6.29 Å². The Balaban J connectivity index is 4.62. The highest BCUT2D eigenvalue weighted by Crippen LogP contribution is 2.05. The molecule has 8 nitrogen and oxygen atoms in total. The van der Waals surface area contributed by atoms with E-state index in [1.54, 1.807) is 0 Å². The van der Waals surface area contributed by atoms with E-state index >= 15 is 0 Å². The maximum Gasteiger partial charge on any atom is 0.242 e. The summed E-state index contributed by atoms with van der Waals surface area (Å²) in [5, 5.41) is 4.76. The third-order valence-electron chi connectivity index (χ3n) is 2.43. The van der Waals surface area contributed by atoms with Crippen LogP contribution in [0.4, 0.5) is 0 Å². The second-order valence-corrected chi connectivity index (χ2v) is 4.83. The molecular weight excluding hydrogens is 264 g/mol. The zero-order valence-electron chi connectivity index (χ0n) is 11.6. The zero-order chi connectivity index (χ0) is 15.7. The molecule has 0 aromatic rings. The largest absolute Gasteiger partial charge is 0.370 e. The molecule has 2 atom stereocenters. The van der Waals surface area contributed by atoms with Crippen molar-refractivity contribution in [3.05, 3.63) is 0 Å². The molecule has 8 heteroatoms. The number of amides is 3. The molecule has 0 saturated carbocycles. The molecule has 0 aliphatic heterocycles. The van der Waals surface area contributed by atoms with E-state index in [0.29, 0.717) is 6.42 Å². The van der Waals surface area contributed by atoms with E-state index in [1.807, 2.05) is 13.8 Å². The van der Waals surface area contributed by atoms with E-state index in [-0.39, 0.29) is 18.9 Å². The van der Waals surface area contributed by atoms with Crippen molar-refractivity contribution in [2.24, 2.45) is 17.4 Å². The Labute approximate surface area is 117 Å². The fourth-order valence-corrected chi connectivity index (χ4v) is 1.54. The van der Waals surface area contributed by atoms with Crippen LogP contribution >= 0.6 is 0 Å². The predicted molar refractivity (Wildman–Crippen MR) is 71.9 cm³/mol. The number of primary amides is 1. The number of hydrogen-bond donors (Lipinski definition) is 4. The molecule has 1 radical (unpaired) electrons. The first-order chi connectivity index (χ1) is 9.27. The standard InChI is InChI=1S/C12H21N4O4/c1-7(2)5-9(12(20)15-3-4-17)16-11(19)8(13)6-10(14)18/h7-9H,3,5-6,13H2,1-2H3,(H2,14,18)(H,15,20)(H,16,19)/t8-,9-/m0/s1. The van der Waals surface area contributed by atoms with Crippen molar-refractivity contribution in [1.29, 1.82) is 0 Å². The summed E-state index contributed by atoms with van der Waals surface area (Å²) in [5.74, 6) is -1.70. The van der Waals surface area contributed by atoms with Gasteiger partial charge in [-0.1, -0.05) is 13.8 Å². The second kappa shape index (κ2) is 9.03. The molecule has 0 unspecified atom stereocenters. The molecule has 0 spiro atoms. The molecule has 6 N–H and O–H groups in total. The molecule has 113 valence electrons. The van der Waals surface area contributed by atoms with E-state index < -0.39 is 29.8 Å². The fraction of sp³-hybridized carbons (Fsp3) is 0.667. The minimum absolute atomic E-state index is 0.138. The van der Waals surface area contributed by atoms with Gasteiger partial charge in [0.2, 0.25) is 24.0 Å². The van der Waals surface area contributed by atoms with Crippen LogP contribution in [0.1, 0.15) is 26.7 Å². The van der Waals surface area contributed by atoms with Crippen LogP contribution in [0, 0.1) is 5.92 Å². The monoisotopic (exact) mass is 285 g/mol. The van der Waals surface area contributed by atoms with Gasteiger partial charge < -0.3 is 22.1 Å². The normalized spacial score (nSPS) is 13.4. The predicted octanol–water partition coefficient (Wildman–Crippen LogP) is -2.05. The van der Waals surface area contributed by atoms with Crippen LogP contribution in [0.15, 0.2) is 0 Å². The summed E-state index contributed by atoms with van der Waals surface area (Å²) in [4.78, 5) is 44.3. The third kappa shape index (κ3) is 7.47. The summed E-state index contributed by atoms with van der Waals surface area (Å²) in [6, 6.07) is -1.93. The zero-order valence-corrected chi connectivity index (χ0v) is 11.6. The number of carbonyl (C=O) groups is 3. The Hall–Kier alpha value is -1.96. The van der Waals surface area contributed by atoms with E-state index in [9.17, 15) is 19.2 Å². The molecule has 0 fully saturated rings. The van der Waals surface area contributed by atoms with Crippen molar-refractivity contribution in [2.45, 2.75) is 38.8 Å². The van der Waals surface area contributed by atoms with Crippen molar-refractivity contribution < 1.29 is 19.2 Å². The Morgan fingerprint density at radius 3 is 2.25 bits per heavy atom. The van der Waals surface area contributed by atoms with E-state index in [2.05, 4.69) is 10.6 Å². The molecule has 0 aromatic carbocycles. The topological polar surface area (TPSA) is 144 Å². The van der Waals surface area contributed by atoms with Crippen LogP contribution in [-0.2, 0) is 19.2 Å². The maximum atomic E-state index is 11.8. The minimum atomic E-state index is -1.10. The lowest BCUT2D eigenvalue weighted by Gasteiger charge is -2.21. The third-order valence-corrected chi connectivity index (χ3v) is 2.43. The smallest absolute Gasteiger partial charge is 0.242 e. The van der Waals surface area contributed by atoms with Gasteiger partial charge in [0.15, 0.2) is 0 Å². The van der Waals surface area contributed by atoms with E-state index in [0.717, 1.165) is 0 Å². The summed E-state index contributed by atoms with van der Waals surface area (Å²) >= 11 is 0. The molecule has 0 aliphatic carbocycles. The van der Waals surface area contributed by atoms with Crippen LogP contribution in [0.5, 0.6) is 0 Å². The van der Waals surface area contributed by atoms with Gasteiger partial charge in [-0.2, -0.15) is 0 Å². The average molecular weight is 285 g/mol. The Morgan fingerprint density at radius 2 is 1.80 bits per heavy atom. The van der Waals surface area contributed by atoms with Gasteiger partial charge in [0.05, 0.1) is 19.0 Å². The number of nitrogens with two attached hydrogens (primary N) is 2. The lowest BCUT2D eigenvalue weighted by molar-refractivity contribution is -0.130. The second-order valence-electron chi connectivity index (χ2n) is 4.83. The van der Waals surface area contributed by atoms with Crippen molar-refractivity contribution in [3.8, 4) is 0 Å². The van der Waals surface area contributed by atoms with Gasteiger partial charge in [0.1, 0.15) is 6.04 Å². The number of carbonyl (C=O) groups excluding carboxylic acids is 4. The SMILES string of the molecule is CC(C)C[C@H](NC(=O)[C@@H](N)CC(N)=O)C(=O)NC[C]=O. The number of hydrogen-bond acceptors (Lipinski definition) is 5. The Morgan fingerprint density at radius 1 is 1.20 bits per heavy atom. The van der Waals surface area contributed by atoms with Gasteiger partial charge in [-0.3, -0.25) is 19.2 Å². The maximum absolute atomic E-state index is 11.8. The highest BCUT2D eigenvalue weighted by molar-refractivity contribution is 5.92. The quantitative estimate of drug-likeness (QED) is 0.385. The van der Waals surface area contributed by atoms with Crippen molar-refractivity contribution in [3.63, 3.8) is 0 Å². The first-order valence-electron chi connectivity index (χ1n) is 6.24. The van der Waals surface area contributed by atoms with Gasteiger partial charge in [0.25, 0.3) is 0 Å². The molecule has 3 amide bonds. The van der Waals surface area contributed by atoms with Crippen LogP contribution in [0.25, 0.3) is 0 Å². The van der Waals surface area contributed by atoms with Crippen LogP contribution in [0.3, 0.4) is 0 Å². The molecule has 0 saturated heterocycles. The average Bonchev–Trinajstić information content (AvgIpc) is 2.33. The highest BCUT2D eigenvalue weighted by atomic mass is 16.2. The minimum Gasteiger partial charge on any atom is -0.370 e. The van der Waals surface area contributed by atoms with Gasteiger partial charge in [-0.05, 0) is 12.3 Å². The molecule has 0 bridgehead atoms. The van der Waals surface area contributed by atoms with Crippen molar-refractivity contribution in [1.82, 2.24) is 10.6 Å². The molecular formula is C12H21N4O4. The van der Waals surface area contributed by atoms with Crippen molar-refractivity contribution in [2.75, 3.05) is 6.54 Å². The van der Waals surface area contributed by atoms with Gasteiger partial charge in [-0.15, -0.1) is 0 Å². The summed E-state index contributed by atoms with van der Waals surface area (Å²) in [5.41, 5.74) is 10.4. The lowest BCUT2D eigenvalue weighted by Crippen LogP contribution is -2.52. The van der Waals surface area contributed by atoms with Gasteiger partial charge in [-0.25, -0.2) is 0 Å². The number of rotatable bonds is 9.